The number of allylic oxidation sites excluding steroid dienone is 1. The molecule has 0 fully saturated rings. The third-order valence-electron chi connectivity index (χ3n) is 4.18. The quantitative estimate of drug-likeness (QED) is 0.496. The summed E-state index contributed by atoms with van der Waals surface area (Å²) in [5.74, 6) is 0.404. The van der Waals surface area contributed by atoms with E-state index in [1.807, 2.05) is 36.4 Å². The Hall–Kier alpha value is -3.72. The van der Waals surface area contributed by atoms with Crippen LogP contribution >= 0.6 is 0 Å². The molecule has 4 aromatic rings. The van der Waals surface area contributed by atoms with Crippen LogP contribution in [0.15, 0.2) is 60.7 Å². The Kier molecular flexibility index (Phi) is 4.27. The third kappa shape index (κ3) is 3.23. The molecule has 132 valence electrons. The van der Waals surface area contributed by atoms with Crippen molar-refractivity contribution < 1.29 is 13.5 Å². The van der Waals surface area contributed by atoms with Gasteiger partial charge in [-0.3, -0.25) is 0 Å². The Morgan fingerprint density at radius 1 is 1.07 bits per heavy atom. The predicted molar refractivity (Wildman–Crippen MR) is 100 cm³/mol. The first-order valence-electron chi connectivity index (χ1n) is 8.19. The lowest BCUT2D eigenvalue weighted by Crippen LogP contribution is -2.04. The number of para-hydroxylation sites is 2. The van der Waals surface area contributed by atoms with Gasteiger partial charge in [0.1, 0.15) is 17.6 Å². The van der Waals surface area contributed by atoms with E-state index in [4.69, 9.17) is 4.74 Å². The van der Waals surface area contributed by atoms with Gasteiger partial charge in [-0.1, -0.05) is 48.5 Å². The number of imidazole rings is 1. The Morgan fingerprint density at radius 2 is 1.85 bits per heavy atom. The van der Waals surface area contributed by atoms with Crippen molar-refractivity contribution in [2.75, 3.05) is 0 Å². The van der Waals surface area contributed by atoms with E-state index < -0.39 is 6.61 Å². The number of H-pyrrole nitrogens is 1. The lowest BCUT2D eigenvalue weighted by atomic mass is 10.0. The van der Waals surface area contributed by atoms with Crippen LogP contribution in [0.2, 0.25) is 0 Å². The lowest BCUT2D eigenvalue weighted by Gasteiger charge is -2.12. The molecule has 0 aliphatic heterocycles. The van der Waals surface area contributed by atoms with E-state index >= 15 is 0 Å². The second-order valence-corrected chi connectivity index (χ2v) is 5.86. The zero-order valence-electron chi connectivity index (χ0n) is 14.0. The Balaban J connectivity index is 1.88. The fraction of sp³-hybridized carbons (Fsp3) is 0.0476. The van der Waals surface area contributed by atoms with Gasteiger partial charge in [-0.15, -0.1) is 0 Å². The molecule has 6 heteroatoms. The molecule has 0 spiro atoms. The molecule has 0 saturated heterocycles. The first-order valence-corrected chi connectivity index (χ1v) is 8.19. The van der Waals surface area contributed by atoms with Crippen LogP contribution < -0.4 is 4.74 Å². The molecule has 1 N–H and O–H groups in total. The van der Waals surface area contributed by atoms with Crippen LogP contribution in [0.3, 0.4) is 0 Å². The molecule has 0 unspecified atom stereocenters. The number of halogens is 2. The fourth-order valence-corrected chi connectivity index (χ4v) is 2.98. The van der Waals surface area contributed by atoms with Crippen LogP contribution in [0.5, 0.6) is 5.75 Å². The molecule has 0 amide bonds. The summed E-state index contributed by atoms with van der Waals surface area (Å²) in [5.41, 5.74) is 2.11. The third-order valence-corrected chi connectivity index (χ3v) is 4.18. The van der Waals surface area contributed by atoms with Crippen molar-refractivity contribution in [3.05, 3.63) is 72.1 Å². The van der Waals surface area contributed by atoms with E-state index in [-0.39, 0.29) is 11.3 Å². The summed E-state index contributed by atoms with van der Waals surface area (Å²) < 4.78 is 30.7. The standard InChI is InChI=1S/C21H13F2N3O/c22-21(23)27-19-14(10-9-13-5-1-2-6-16(13)19)11-15(12-24)20-25-17-7-3-4-8-18(17)26-20/h1-11,21H,(H,25,26)/b15-11+. The highest BCUT2D eigenvalue weighted by Gasteiger charge is 2.15. The Bertz CT molecular complexity index is 1170. The minimum atomic E-state index is -2.97. The molecule has 0 bridgehead atoms. The maximum atomic E-state index is 13.0. The number of nitriles is 1. The first kappa shape index (κ1) is 16.7. The zero-order valence-corrected chi connectivity index (χ0v) is 14.0. The number of benzene rings is 3. The summed E-state index contributed by atoms with van der Waals surface area (Å²) in [7, 11) is 0. The topological polar surface area (TPSA) is 61.7 Å². The van der Waals surface area contributed by atoms with E-state index in [0.717, 1.165) is 16.4 Å². The summed E-state index contributed by atoms with van der Waals surface area (Å²) in [6, 6.07) is 20.0. The monoisotopic (exact) mass is 361 g/mol. The van der Waals surface area contributed by atoms with Gasteiger partial charge in [0, 0.05) is 10.9 Å². The Labute approximate surface area is 153 Å². The Morgan fingerprint density at radius 3 is 2.63 bits per heavy atom. The van der Waals surface area contributed by atoms with E-state index in [1.54, 1.807) is 24.3 Å². The van der Waals surface area contributed by atoms with Crippen molar-refractivity contribution in [1.82, 2.24) is 9.97 Å². The molecule has 4 rings (SSSR count). The number of aromatic nitrogens is 2. The van der Waals surface area contributed by atoms with Crippen LogP contribution in [-0.4, -0.2) is 16.6 Å². The van der Waals surface area contributed by atoms with Gasteiger partial charge in [0.15, 0.2) is 0 Å². The smallest absolute Gasteiger partial charge is 0.387 e. The summed E-state index contributed by atoms with van der Waals surface area (Å²) in [6.45, 7) is -2.97. The number of ether oxygens (including phenoxy) is 1. The van der Waals surface area contributed by atoms with Crippen LogP contribution in [0.4, 0.5) is 8.78 Å². The average molecular weight is 361 g/mol. The number of hydrogen-bond donors (Lipinski definition) is 1. The highest BCUT2D eigenvalue weighted by Crippen LogP contribution is 2.33. The van der Waals surface area contributed by atoms with Gasteiger partial charge in [0.2, 0.25) is 0 Å². The highest BCUT2D eigenvalue weighted by atomic mass is 19.3. The SMILES string of the molecule is N#C/C(=C\c1ccc2ccccc2c1OC(F)F)c1nc2ccccc2[nH]1. The second-order valence-electron chi connectivity index (χ2n) is 5.86. The fourth-order valence-electron chi connectivity index (χ4n) is 2.98. The molecular weight excluding hydrogens is 348 g/mol. The first-order chi connectivity index (χ1) is 13.2. The molecular formula is C21H13F2N3O. The number of hydrogen-bond acceptors (Lipinski definition) is 3. The van der Waals surface area contributed by atoms with Crippen molar-refractivity contribution in [2.45, 2.75) is 6.61 Å². The van der Waals surface area contributed by atoms with Crippen molar-refractivity contribution in [3.8, 4) is 11.8 Å². The van der Waals surface area contributed by atoms with Gasteiger partial charge in [-0.25, -0.2) is 4.98 Å². The van der Waals surface area contributed by atoms with E-state index in [2.05, 4.69) is 16.0 Å². The lowest BCUT2D eigenvalue weighted by molar-refractivity contribution is -0.0489. The zero-order chi connectivity index (χ0) is 18.8. The van der Waals surface area contributed by atoms with Gasteiger partial charge < -0.3 is 9.72 Å². The predicted octanol–water partition coefficient (Wildman–Crippen LogP) is 5.38. The molecule has 0 saturated carbocycles. The summed E-state index contributed by atoms with van der Waals surface area (Å²) in [6.07, 6.45) is 1.50. The molecule has 0 aliphatic rings. The van der Waals surface area contributed by atoms with Crippen molar-refractivity contribution in [2.24, 2.45) is 0 Å². The number of aromatic amines is 1. The maximum absolute atomic E-state index is 13.0. The molecule has 0 atom stereocenters. The average Bonchev–Trinajstić information content (AvgIpc) is 3.11. The number of alkyl halides is 2. The second kappa shape index (κ2) is 6.89. The molecule has 27 heavy (non-hydrogen) atoms. The van der Waals surface area contributed by atoms with Crippen LogP contribution in [0.25, 0.3) is 33.5 Å². The van der Waals surface area contributed by atoms with Crippen molar-refractivity contribution in [3.63, 3.8) is 0 Å². The molecule has 1 heterocycles. The maximum Gasteiger partial charge on any atom is 0.387 e. The van der Waals surface area contributed by atoms with Crippen LogP contribution in [-0.2, 0) is 0 Å². The van der Waals surface area contributed by atoms with Gasteiger partial charge in [-0.2, -0.15) is 14.0 Å². The van der Waals surface area contributed by atoms with Crippen molar-refractivity contribution in [1.29, 1.82) is 5.26 Å². The molecule has 0 aliphatic carbocycles. The molecule has 1 aromatic heterocycles. The van der Waals surface area contributed by atoms with Crippen LogP contribution in [0, 0.1) is 11.3 Å². The van der Waals surface area contributed by atoms with Crippen LogP contribution in [0.1, 0.15) is 11.4 Å². The highest BCUT2D eigenvalue weighted by molar-refractivity contribution is 5.97. The van der Waals surface area contributed by atoms with E-state index in [9.17, 15) is 14.0 Å². The molecule has 4 nitrogen and oxygen atoms in total. The minimum absolute atomic E-state index is 0.0342. The minimum Gasteiger partial charge on any atom is -0.434 e. The number of nitrogens with zero attached hydrogens (tertiary/aromatic N) is 2. The molecule has 3 aromatic carbocycles. The van der Waals surface area contributed by atoms with Gasteiger partial charge in [0.25, 0.3) is 0 Å². The largest absolute Gasteiger partial charge is 0.434 e. The van der Waals surface area contributed by atoms with E-state index in [1.165, 1.54) is 6.08 Å². The summed E-state index contributed by atoms with van der Waals surface area (Å²) >= 11 is 0. The summed E-state index contributed by atoms with van der Waals surface area (Å²) in [4.78, 5) is 7.47. The number of nitrogens with one attached hydrogen (secondary N) is 1. The number of fused-ring (bicyclic) bond motifs is 2. The van der Waals surface area contributed by atoms with Crippen molar-refractivity contribution >= 4 is 33.5 Å². The van der Waals surface area contributed by atoms with Gasteiger partial charge in [-0.05, 0) is 23.6 Å². The summed E-state index contributed by atoms with van der Waals surface area (Å²) in [5, 5.41) is 10.9. The molecule has 0 radical (unpaired) electrons. The van der Waals surface area contributed by atoms with Gasteiger partial charge >= 0.3 is 6.61 Å². The van der Waals surface area contributed by atoms with E-state index in [0.29, 0.717) is 16.8 Å². The normalized spacial score (nSPS) is 11.9. The number of rotatable bonds is 4. The van der Waals surface area contributed by atoms with Gasteiger partial charge in [0.05, 0.1) is 16.6 Å².